The van der Waals surface area contributed by atoms with Gasteiger partial charge in [-0.25, -0.2) is 9.97 Å². The molecule has 1 amide bonds. The number of nitrogens with zero attached hydrogens (tertiary/aromatic N) is 3. The number of aliphatic carboxylic acids is 1. The van der Waals surface area contributed by atoms with E-state index < -0.39 is 23.5 Å². The highest BCUT2D eigenvalue weighted by Gasteiger charge is 2.61. The van der Waals surface area contributed by atoms with E-state index in [1.807, 2.05) is 60.7 Å². The van der Waals surface area contributed by atoms with Gasteiger partial charge in [0.15, 0.2) is 5.78 Å². The number of carboxylic acid groups (broad SMARTS) is 1. The highest BCUT2D eigenvalue weighted by atomic mass is 16.5. The highest BCUT2D eigenvalue weighted by molar-refractivity contribution is 5.95. The molecule has 42 heavy (non-hydrogen) atoms. The number of carbonyl (C=O) groups excluding carboxylic acids is 2. The molecule has 0 radical (unpaired) electrons. The van der Waals surface area contributed by atoms with Crippen molar-refractivity contribution >= 4 is 28.7 Å². The molecule has 8 heteroatoms. The van der Waals surface area contributed by atoms with E-state index in [0.717, 1.165) is 43.2 Å². The monoisotopic (exact) mass is 567 g/mol. The van der Waals surface area contributed by atoms with Crippen LogP contribution in [0.4, 0.5) is 0 Å². The summed E-state index contributed by atoms with van der Waals surface area (Å²) >= 11 is 0. The minimum Gasteiger partial charge on any atom is -0.481 e. The van der Waals surface area contributed by atoms with E-state index in [0.29, 0.717) is 30.7 Å². The molecule has 1 N–H and O–H groups in total. The minimum atomic E-state index is -1.09. The first-order chi connectivity index (χ1) is 20.4. The average Bonchev–Trinajstić information content (AvgIpc) is 3.53. The summed E-state index contributed by atoms with van der Waals surface area (Å²) in [6, 6.07) is 16.8. The number of fused-ring (bicyclic) bond motifs is 3. The van der Waals surface area contributed by atoms with Crippen molar-refractivity contribution in [3.8, 4) is 5.88 Å². The van der Waals surface area contributed by atoms with Gasteiger partial charge in [-0.3, -0.25) is 14.4 Å². The Morgan fingerprint density at radius 1 is 1.02 bits per heavy atom. The SMILES string of the molecule is O=C1C[C@]2(C(=O)O)C[C@H]2/C=C\CCCCC[C@H](Cc2ccccc2)C(=O)N2C[C@H](Oc3cnc4ccccc4n3)C[C@@H]12. The van der Waals surface area contributed by atoms with Gasteiger partial charge < -0.3 is 14.7 Å². The molecule has 1 saturated carbocycles. The summed E-state index contributed by atoms with van der Waals surface area (Å²) < 4.78 is 6.24. The predicted octanol–water partition coefficient (Wildman–Crippen LogP) is 5.41. The van der Waals surface area contributed by atoms with E-state index in [9.17, 15) is 19.5 Å². The molecule has 3 heterocycles. The number of hydrogen-bond donors (Lipinski definition) is 1. The molecule has 1 saturated heterocycles. The van der Waals surface area contributed by atoms with Crippen LogP contribution < -0.4 is 4.74 Å². The second kappa shape index (κ2) is 12.0. The Bertz CT molecular complexity index is 1490. The Labute approximate surface area is 245 Å². The van der Waals surface area contributed by atoms with Gasteiger partial charge in [0.05, 0.1) is 35.2 Å². The number of para-hydroxylation sites is 2. The molecule has 2 aliphatic heterocycles. The molecule has 8 nitrogen and oxygen atoms in total. The lowest BCUT2D eigenvalue weighted by Gasteiger charge is -2.29. The summed E-state index contributed by atoms with van der Waals surface area (Å²) in [5.41, 5.74) is 1.46. The molecule has 2 fully saturated rings. The zero-order valence-electron chi connectivity index (χ0n) is 23.7. The fraction of sp³-hybridized carbons (Fsp3) is 0.441. The maximum Gasteiger partial charge on any atom is 0.310 e. The van der Waals surface area contributed by atoms with Gasteiger partial charge in [-0.15, -0.1) is 0 Å². The Morgan fingerprint density at radius 2 is 1.81 bits per heavy atom. The number of rotatable bonds is 5. The van der Waals surface area contributed by atoms with Crippen LogP contribution in [-0.4, -0.2) is 56.3 Å². The first-order valence-corrected chi connectivity index (χ1v) is 15.1. The maximum absolute atomic E-state index is 14.3. The van der Waals surface area contributed by atoms with Crippen molar-refractivity contribution in [1.29, 1.82) is 0 Å². The molecule has 1 aromatic heterocycles. The van der Waals surface area contributed by atoms with Crippen molar-refractivity contribution in [2.24, 2.45) is 17.3 Å². The molecule has 6 rings (SSSR count). The fourth-order valence-electron chi connectivity index (χ4n) is 6.67. The summed E-state index contributed by atoms with van der Waals surface area (Å²) in [4.78, 5) is 51.2. The number of amides is 1. The van der Waals surface area contributed by atoms with E-state index in [1.54, 1.807) is 11.1 Å². The Morgan fingerprint density at radius 3 is 2.62 bits per heavy atom. The van der Waals surface area contributed by atoms with Crippen LogP contribution in [0.25, 0.3) is 11.0 Å². The first-order valence-electron chi connectivity index (χ1n) is 15.1. The third-order valence-electron chi connectivity index (χ3n) is 9.15. The zero-order valence-corrected chi connectivity index (χ0v) is 23.7. The van der Waals surface area contributed by atoms with E-state index in [4.69, 9.17) is 4.74 Å². The lowest BCUT2D eigenvalue weighted by Crippen LogP contribution is -2.45. The lowest BCUT2D eigenvalue weighted by atomic mass is 9.90. The van der Waals surface area contributed by atoms with Crippen LogP contribution >= 0.6 is 0 Å². The van der Waals surface area contributed by atoms with Gasteiger partial charge >= 0.3 is 5.97 Å². The number of aromatic nitrogens is 2. The van der Waals surface area contributed by atoms with E-state index in [2.05, 4.69) is 16.0 Å². The average molecular weight is 568 g/mol. The number of benzene rings is 2. The minimum absolute atomic E-state index is 0.0578. The molecule has 0 spiro atoms. The normalized spacial score (nSPS) is 29.2. The van der Waals surface area contributed by atoms with Crippen LogP contribution in [0.3, 0.4) is 0 Å². The first kappa shape index (κ1) is 28.1. The summed E-state index contributed by atoms with van der Waals surface area (Å²) in [7, 11) is 0. The Hall–Kier alpha value is -4.07. The molecular formula is C34H37N3O5. The van der Waals surface area contributed by atoms with Crippen molar-refractivity contribution < 1.29 is 24.2 Å². The van der Waals surface area contributed by atoms with Crippen LogP contribution in [0.2, 0.25) is 0 Å². The van der Waals surface area contributed by atoms with E-state index in [-0.39, 0.29) is 36.5 Å². The zero-order chi connectivity index (χ0) is 29.1. The van der Waals surface area contributed by atoms with E-state index >= 15 is 0 Å². The standard InChI is InChI=1S/C34H37N3O5/c38-30-20-34(33(40)41)19-25(34)14-8-3-1-2-7-13-24(17-23-11-5-4-6-12-23)32(39)37-22-26(18-29(30)37)42-31-21-35-27-15-9-10-16-28(27)36-31/h4-6,8-12,14-16,21,24-26,29H,1-3,7,13,17-20,22H2,(H,40,41)/b14-8-/t24-,25-,26-,29+,34-/m1/s1. The molecule has 0 bridgehead atoms. The summed E-state index contributed by atoms with van der Waals surface area (Å²) in [6.45, 7) is 0.248. The molecule has 1 aliphatic carbocycles. The maximum atomic E-state index is 14.3. The van der Waals surface area contributed by atoms with Crippen LogP contribution in [0.15, 0.2) is 72.9 Å². The topological polar surface area (TPSA) is 110 Å². The lowest BCUT2D eigenvalue weighted by molar-refractivity contribution is -0.147. The third-order valence-corrected chi connectivity index (χ3v) is 9.15. The Balaban J connectivity index is 1.28. The summed E-state index contributed by atoms with van der Waals surface area (Å²) in [5, 5.41) is 10.1. The number of carboxylic acids is 1. The molecule has 0 unspecified atom stereocenters. The number of ether oxygens (including phenoxy) is 1. The quantitative estimate of drug-likeness (QED) is 0.411. The molecule has 3 aliphatic rings. The van der Waals surface area contributed by atoms with Gasteiger partial charge in [0.2, 0.25) is 11.8 Å². The molecule has 2 aromatic carbocycles. The molecule has 218 valence electrons. The van der Waals surface area contributed by atoms with Crippen LogP contribution in [-0.2, 0) is 20.8 Å². The molecular weight excluding hydrogens is 530 g/mol. The smallest absolute Gasteiger partial charge is 0.310 e. The predicted molar refractivity (Wildman–Crippen MR) is 158 cm³/mol. The Kier molecular flexibility index (Phi) is 8.05. The highest BCUT2D eigenvalue weighted by Crippen LogP contribution is 2.57. The molecule has 3 aromatic rings. The van der Waals surface area contributed by atoms with E-state index in [1.165, 1.54) is 0 Å². The van der Waals surface area contributed by atoms with Crippen molar-refractivity contribution in [3.63, 3.8) is 0 Å². The van der Waals surface area contributed by atoms with Gasteiger partial charge in [0.25, 0.3) is 0 Å². The molecule has 5 atom stereocenters. The van der Waals surface area contributed by atoms with Crippen molar-refractivity contribution in [3.05, 3.63) is 78.5 Å². The van der Waals surface area contributed by atoms with Gasteiger partial charge in [0, 0.05) is 18.8 Å². The third kappa shape index (κ3) is 5.94. The number of allylic oxidation sites excluding steroid dienone is 2. The number of hydrogen-bond acceptors (Lipinski definition) is 6. The number of carbonyl (C=O) groups is 3. The second-order valence-electron chi connectivity index (χ2n) is 12.0. The van der Waals surface area contributed by atoms with Gasteiger partial charge in [-0.05, 0) is 55.7 Å². The number of Topliss-reactive ketones (excluding diaryl/α,β-unsaturated/α-hetero) is 1. The summed E-state index contributed by atoms with van der Waals surface area (Å²) in [6.07, 6.45) is 10.9. The van der Waals surface area contributed by atoms with Crippen LogP contribution in [0, 0.1) is 17.3 Å². The van der Waals surface area contributed by atoms with Crippen LogP contribution in [0.1, 0.15) is 56.9 Å². The summed E-state index contributed by atoms with van der Waals surface area (Å²) in [5.74, 6) is -1.28. The fourth-order valence-corrected chi connectivity index (χ4v) is 6.67. The van der Waals surface area contributed by atoms with Gasteiger partial charge in [-0.2, -0.15) is 0 Å². The van der Waals surface area contributed by atoms with Crippen LogP contribution in [0.5, 0.6) is 5.88 Å². The second-order valence-corrected chi connectivity index (χ2v) is 12.0. The van der Waals surface area contributed by atoms with Crippen molar-refractivity contribution in [1.82, 2.24) is 14.9 Å². The van der Waals surface area contributed by atoms with Gasteiger partial charge in [0.1, 0.15) is 6.10 Å². The van der Waals surface area contributed by atoms with Gasteiger partial charge in [-0.1, -0.05) is 67.5 Å². The van der Waals surface area contributed by atoms with Crippen molar-refractivity contribution in [2.45, 2.75) is 69.9 Å². The number of ketones is 1. The largest absolute Gasteiger partial charge is 0.481 e. The van der Waals surface area contributed by atoms with Crippen molar-refractivity contribution in [2.75, 3.05) is 6.54 Å².